The molecular formula is C24H26N2O6. The SMILES string of the molecule is COc1ccc(/C=C/C(=O)N2CCN(C(=O)C3COc4ccccc4O3)CC2)cc1OC. The summed E-state index contributed by atoms with van der Waals surface area (Å²) in [5.74, 6) is 2.24. The molecule has 0 spiro atoms. The van der Waals surface area contributed by atoms with Crippen molar-refractivity contribution in [1.82, 2.24) is 9.80 Å². The van der Waals surface area contributed by atoms with E-state index in [0.29, 0.717) is 49.2 Å². The van der Waals surface area contributed by atoms with Crippen molar-refractivity contribution in [3.63, 3.8) is 0 Å². The molecule has 168 valence electrons. The van der Waals surface area contributed by atoms with Crippen molar-refractivity contribution in [2.75, 3.05) is 47.0 Å². The van der Waals surface area contributed by atoms with E-state index in [1.54, 1.807) is 42.2 Å². The minimum absolute atomic E-state index is 0.0990. The highest BCUT2D eigenvalue weighted by molar-refractivity contribution is 5.92. The molecule has 1 atom stereocenters. The molecule has 4 rings (SSSR count). The Hall–Kier alpha value is -3.68. The van der Waals surface area contributed by atoms with E-state index in [0.717, 1.165) is 5.56 Å². The van der Waals surface area contributed by atoms with Crippen molar-refractivity contribution < 1.29 is 28.5 Å². The second-order valence-electron chi connectivity index (χ2n) is 7.46. The largest absolute Gasteiger partial charge is 0.493 e. The van der Waals surface area contributed by atoms with Crippen LogP contribution >= 0.6 is 0 Å². The van der Waals surface area contributed by atoms with Gasteiger partial charge in [-0.05, 0) is 35.9 Å². The smallest absolute Gasteiger partial charge is 0.267 e. The van der Waals surface area contributed by atoms with Crippen LogP contribution in [0.5, 0.6) is 23.0 Å². The van der Waals surface area contributed by atoms with Gasteiger partial charge in [-0.3, -0.25) is 9.59 Å². The fraction of sp³-hybridized carbons (Fsp3) is 0.333. The molecule has 0 N–H and O–H groups in total. The zero-order chi connectivity index (χ0) is 22.5. The summed E-state index contributed by atoms with van der Waals surface area (Å²) in [6, 6.07) is 12.8. The molecule has 0 aliphatic carbocycles. The number of benzene rings is 2. The number of hydrogen-bond acceptors (Lipinski definition) is 6. The van der Waals surface area contributed by atoms with E-state index in [4.69, 9.17) is 18.9 Å². The average Bonchev–Trinajstić information content (AvgIpc) is 2.86. The maximum absolute atomic E-state index is 12.8. The molecule has 0 radical (unpaired) electrons. The summed E-state index contributed by atoms with van der Waals surface area (Å²) < 4.78 is 22.0. The summed E-state index contributed by atoms with van der Waals surface area (Å²) in [7, 11) is 3.15. The Bertz CT molecular complexity index is 1010. The van der Waals surface area contributed by atoms with Gasteiger partial charge in [-0.25, -0.2) is 0 Å². The van der Waals surface area contributed by atoms with Crippen molar-refractivity contribution >= 4 is 17.9 Å². The van der Waals surface area contributed by atoms with E-state index >= 15 is 0 Å². The molecule has 1 fully saturated rings. The highest BCUT2D eigenvalue weighted by Crippen LogP contribution is 2.31. The van der Waals surface area contributed by atoms with Gasteiger partial charge >= 0.3 is 0 Å². The Morgan fingerprint density at radius 2 is 1.62 bits per heavy atom. The maximum atomic E-state index is 12.8. The van der Waals surface area contributed by atoms with E-state index in [1.807, 2.05) is 30.3 Å². The number of amides is 2. The van der Waals surface area contributed by atoms with E-state index < -0.39 is 6.10 Å². The number of piperazine rings is 1. The van der Waals surface area contributed by atoms with Crippen molar-refractivity contribution in [3.8, 4) is 23.0 Å². The maximum Gasteiger partial charge on any atom is 0.267 e. The van der Waals surface area contributed by atoms with Gasteiger partial charge in [-0.2, -0.15) is 0 Å². The number of nitrogens with zero attached hydrogens (tertiary/aromatic N) is 2. The lowest BCUT2D eigenvalue weighted by Gasteiger charge is -2.36. The first-order valence-corrected chi connectivity index (χ1v) is 10.5. The second kappa shape index (κ2) is 9.64. The lowest BCUT2D eigenvalue weighted by atomic mass is 10.1. The minimum Gasteiger partial charge on any atom is -0.493 e. The third kappa shape index (κ3) is 4.64. The predicted molar refractivity (Wildman–Crippen MR) is 118 cm³/mol. The monoisotopic (exact) mass is 438 g/mol. The highest BCUT2D eigenvalue weighted by atomic mass is 16.6. The minimum atomic E-state index is -0.669. The second-order valence-corrected chi connectivity index (χ2v) is 7.46. The topological polar surface area (TPSA) is 77.5 Å². The zero-order valence-electron chi connectivity index (χ0n) is 18.2. The van der Waals surface area contributed by atoms with Gasteiger partial charge in [0.1, 0.15) is 6.61 Å². The van der Waals surface area contributed by atoms with Crippen molar-refractivity contribution in [1.29, 1.82) is 0 Å². The van der Waals surface area contributed by atoms with E-state index in [2.05, 4.69) is 0 Å². The molecule has 2 aromatic carbocycles. The molecule has 1 unspecified atom stereocenters. The van der Waals surface area contributed by atoms with Crippen LogP contribution in [-0.4, -0.2) is 74.7 Å². The van der Waals surface area contributed by atoms with Gasteiger partial charge in [0.15, 0.2) is 23.0 Å². The fourth-order valence-electron chi connectivity index (χ4n) is 3.72. The quantitative estimate of drug-likeness (QED) is 0.667. The molecule has 1 saturated heterocycles. The Labute approximate surface area is 186 Å². The molecule has 2 aliphatic rings. The summed E-state index contributed by atoms with van der Waals surface area (Å²) in [4.78, 5) is 28.9. The van der Waals surface area contributed by atoms with E-state index in [9.17, 15) is 9.59 Å². The number of rotatable bonds is 5. The first-order valence-electron chi connectivity index (χ1n) is 10.5. The van der Waals surface area contributed by atoms with Crippen molar-refractivity contribution in [2.24, 2.45) is 0 Å². The highest BCUT2D eigenvalue weighted by Gasteiger charge is 2.33. The van der Waals surface area contributed by atoms with Gasteiger partial charge in [0.2, 0.25) is 12.0 Å². The Morgan fingerprint density at radius 3 is 2.34 bits per heavy atom. The first kappa shape index (κ1) is 21.5. The number of carbonyl (C=O) groups excluding carboxylic acids is 2. The van der Waals surface area contributed by atoms with Crippen LogP contribution in [0.4, 0.5) is 0 Å². The average molecular weight is 438 g/mol. The van der Waals surface area contributed by atoms with Crippen molar-refractivity contribution in [2.45, 2.75) is 6.10 Å². The van der Waals surface area contributed by atoms with Gasteiger partial charge < -0.3 is 28.7 Å². The predicted octanol–water partition coefficient (Wildman–Crippen LogP) is 2.23. The Balaban J connectivity index is 1.30. The summed E-state index contributed by atoms with van der Waals surface area (Å²) in [5, 5.41) is 0. The molecule has 8 nitrogen and oxygen atoms in total. The number of hydrogen-bond donors (Lipinski definition) is 0. The summed E-state index contributed by atoms with van der Waals surface area (Å²) in [6.07, 6.45) is 2.61. The van der Waals surface area contributed by atoms with Crippen LogP contribution in [0.15, 0.2) is 48.5 Å². The molecule has 32 heavy (non-hydrogen) atoms. The van der Waals surface area contributed by atoms with Crippen LogP contribution in [0.1, 0.15) is 5.56 Å². The van der Waals surface area contributed by atoms with Crippen LogP contribution in [0.3, 0.4) is 0 Å². The zero-order valence-corrected chi connectivity index (χ0v) is 18.2. The number of carbonyl (C=O) groups is 2. The summed E-state index contributed by atoms with van der Waals surface area (Å²) in [6.45, 7) is 2.02. The fourth-order valence-corrected chi connectivity index (χ4v) is 3.72. The van der Waals surface area contributed by atoms with Crippen LogP contribution in [0.2, 0.25) is 0 Å². The van der Waals surface area contributed by atoms with Gasteiger partial charge in [0, 0.05) is 32.3 Å². The van der Waals surface area contributed by atoms with Gasteiger partial charge in [0.25, 0.3) is 5.91 Å². The Kier molecular flexibility index (Phi) is 6.49. The molecule has 2 aromatic rings. The molecule has 0 saturated carbocycles. The lowest BCUT2D eigenvalue weighted by Crippen LogP contribution is -2.54. The van der Waals surface area contributed by atoms with Gasteiger partial charge in [-0.1, -0.05) is 18.2 Å². The van der Waals surface area contributed by atoms with E-state index in [1.165, 1.54) is 6.08 Å². The third-order valence-electron chi connectivity index (χ3n) is 5.51. The van der Waals surface area contributed by atoms with Crippen molar-refractivity contribution in [3.05, 3.63) is 54.1 Å². The molecular weight excluding hydrogens is 412 g/mol. The molecule has 0 aromatic heterocycles. The van der Waals surface area contributed by atoms with Crippen LogP contribution in [0, 0.1) is 0 Å². The number of fused-ring (bicyclic) bond motifs is 1. The lowest BCUT2D eigenvalue weighted by molar-refractivity contribution is -0.145. The van der Waals surface area contributed by atoms with Crippen LogP contribution in [-0.2, 0) is 9.59 Å². The summed E-state index contributed by atoms with van der Waals surface area (Å²) >= 11 is 0. The Morgan fingerprint density at radius 1 is 0.938 bits per heavy atom. The molecule has 2 heterocycles. The number of ether oxygens (including phenoxy) is 4. The first-order chi connectivity index (χ1) is 15.6. The van der Waals surface area contributed by atoms with Gasteiger partial charge in [0.05, 0.1) is 14.2 Å². The molecule has 8 heteroatoms. The van der Waals surface area contributed by atoms with Crippen LogP contribution in [0.25, 0.3) is 6.08 Å². The van der Waals surface area contributed by atoms with Crippen LogP contribution < -0.4 is 18.9 Å². The standard InChI is InChI=1S/C24H26N2O6/c1-29-18-9-7-17(15-21(18)30-2)8-10-23(27)25-11-13-26(14-12-25)24(28)22-16-31-19-5-3-4-6-20(19)32-22/h3-10,15,22H,11-14,16H2,1-2H3/b10-8+. The van der Waals surface area contributed by atoms with Gasteiger partial charge in [-0.15, -0.1) is 0 Å². The molecule has 2 amide bonds. The summed E-state index contributed by atoms with van der Waals surface area (Å²) in [5.41, 5.74) is 0.833. The number of methoxy groups -OCH3 is 2. The molecule has 0 bridgehead atoms. The molecule has 2 aliphatic heterocycles. The normalized spacial score (nSPS) is 17.9. The number of para-hydroxylation sites is 2. The third-order valence-corrected chi connectivity index (χ3v) is 5.51. The van der Waals surface area contributed by atoms with E-state index in [-0.39, 0.29) is 18.4 Å².